The van der Waals surface area contributed by atoms with Gasteiger partial charge in [-0.25, -0.2) is 0 Å². The first-order valence-corrected chi connectivity index (χ1v) is 8.57. The van der Waals surface area contributed by atoms with E-state index in [-0.39, 0.29) is 5.41 Å². The summed E-state index contributed by atoms with van der Waals surface area (Å²) in [6.07, 6.45) is 4.61. The Balaban J connectivity index is 1.68. The molecular weight excluding hydrogens is 270 g/mol. The summed E-state index contributed by atoms with van der Waals surface area (Å²) in [6.45, 7) is 12.7. The number of benzene rings is 1. The van der Waals surface area contributed by atoms with Crippen LogP contribution in [0.4, 0.5) is 0 Å². The zero-order valence-corrected chi connectivity index (χ0v) is 14.2. The molecule has 1 aromatic heterocycles. The molecule has 2 aromatic rings. The maximum absolute atomic E-state index is 3.43. The van der Waals surface area contributed by atoms with Crippen molar-refractivity contribution >= 4 is 10.9 Å². The highest BCUT2D eigenvalue weighted by molar-refractivity contribution is 5.84. The van der Waals surface area contributed by atoms with Crippen LogP contribution >= 0.6 is 0 Å². The zero-order chi connectivity index (χ0) is 15.6. The lowest BCUT2D eigenvalue weighted by Crippen LogP contribution is -2.43. The van der Waals surface area contributed by atoms with E-state index in [2.05, 4.69) is 60.4 Å². The van der Waals surface area contributed by atoms with Crippen molar-refractivity contribution in [2.24, 2.45) is 0 Å². The number of nitrogens with zero attached hydrogens (tertiary/aromatic N) is 1. The van der Waals surface area contributed by atoms with E-state index in [0.717, 1.165) is 19.5 Å². The van der Waals surface area contributed by atoms with Crippen LogP contribution in [0.2, 0.25) is 0 Å². The molecule has 0 spiro atoms. The number of hydrogen-bond donors (Lipinski definition) is 2. The third-order valence-electron chi connectivity index (χ3n) is 4.76. The molecule has 3 nitrogen and oxygen atoms in total. The van der Waals surface area contributed by atoms with Gasteiger partial charge in [-0.05, 0) is 48.1 Å². The number of rotatable bonds is 4. The largest absolute Gasteiger partial charge is 0.361 e. The fraction of sp³-hybridized carbons (Fsp3) is 0.579. The third kappa shape index (κ3) is 3.53. The number of nitrogens with one attached hydrogen (secondary N) is 2. The summed E-state index contributed by atoms with van der Waals surface area (Å²) >= 11 is 0. The fourth-order valence-electron chi connectivity index (χ4n) is 3.28. The SMILES string of the molecule is CC(C)(C)c1ccc2[nH]cc(CCCN3CCNCC3)c2c1. The van der Waals surface area contributed by atoms with Crippen LogP contribution < -0.4 is 5.32 Å². The van der Waals surface area contributed by atoms with Crippen molar-refractivity contribution in [1.29, 1.82) is 0 Å². The fourth-order valence-corrected chi connectivity index (χ4v) is 3.28. The molecule has 1 saturated heterocycles. The number of hydrogen-bond acceptors (Lipinski definition) is 2. The average molecular weight is 299 g/mol. The van der Waals surface area contributed by atoms with Crippen molar-refractivity contribution in [2.75, 3.05) is 32.7 Å². The van der Waals surface area contributed by atoms with E-state index >= 15 is 0 Å². The minimum absolute atomic E-state index is 0.212. The van der Waals surface area contributed by atoms with Gasteiger partial charge in [0, 0.05) is 43.3 Å². The van der Waals surface area contributed by atoms with Gasteiger partial charge in [-0.15, -0.1) is 0 Å². The van der Waals surface area contributed by atoms with E-state index in [9.17, 15) is 0 Å². The lowest BCUT2D eigenvalue weighted by molar-refractivity contribution is 0.238. The Morgan fingerprint density at radius 1 is 1.14 bits per heavy atom. The van der Waals surface area contributed by atoms with Crippen LogP contribution in [0.15, 0.2) is 24.4 Å². The summed E-state index contributed by atoms with van der Waals surface area (Å²) in [5, 5.41) is 4.83. The smallest absolute Gasteiger partial charge is 0.0456 e. The van der Waals surface area contributed by atoms with Gasteiger partial charge in [0.1, 0.15) is 0 Å². The van der Waals surface area contributed by atoms with Crippen molar-refractivity contribution in [2.45, 2.75) is 39.0 Å². The van der Waals surface area contributed by atoms with Gasteiger partial charge in [-0.1, -0.05) is 26.8 Å². The van der Waals surface area contributed by atoms with Gasteiger partial charge in [0.25, 0.3) is 0 Å². The summed E-state index contributed by atoms with van der Waals surface area (Å²) in [6, 6.07) is 6.87. The summed E-state index contributed by atoms with van der Waals surface area (Å²) in [5.74, 6) is 0. The first-order chi connectivity index (χ1) is 10.5. The number of fused-ring (bicyclic) bond motifs is 1. The highest BCUT2D eigenvalue weighted by Gasteiger charge is 2.15. The minimum Gasteiger partial charge on any atom is -0.361 e. The Bertz CT molecular complexity index is 615. The van der Waals surface area contributed by atoms with E-state index in [0.29, 0.717) is 0 Å². The Labute approximate surface area is 134 Å². The summed E-state index contributed by atoms with van der Waals surface area (Å²) in [4.78, 5) is 6.01. The molecule has 1 fully saturated rings. The molecule has 0 amide bonds. The Hall–Kier alpha value is -1.32. The Kier molecular flexibility index (Phi) is 4.55. The Morgan fingerprint density at radius 2 is 1.91 bits per heavy atom. The molecule has 0 atom stereocenters. The molecule has 22 heavy (non-hydrogen) atoms. The van der Waals surface area contributed by atoms with Gasteiger partial charge in [-0.3, -0.25) is 0 Å². The topological polar surface area (TPSA) is 31.1 Å². The van der Waals surface area contributed by atoms with Crippen LogP contribution in [0.25, 0.3) is 10.9 Å². The molecule has 1 aromatic carbocycles. The van der Waals surface area contributed by atoms with Crippen LogP contribution in [0.5, 0.6) is 0 Å². The molecule has 0 bridgehead atoms. The molecule has 120 valence electrons. The standard InChI is InChI=1S/C19H29N3/c1-19(2,3)16-6-7-18-17(13-16)15(14-21-18)5-4-10-22-11-8-20-9-12-22/h6-7,13-14,20-21H,4-5,8-12H2,1-3H3. The lowest BCUT2D eigenvalue weighted by Gasteiger charge is -2.27. The van der Waals surface area contributed by atoms with Gasteiger partial charge >= 0.3 is 0 Å². The van der Waals surface area contributed by atoms with E-state index in [1.807, 2.05) is 0 Å². The molecule has 2 N–H and O–H groups in total. The second-order valence-corrected chi connectivity index (χ2v) is 7.52. The summed E-state index contributed by atoms with van der Waals surface area (Å²) in [5.41, 5.74) is 4.37. The van der Waals surface area contributed by atoms with Crippen molar-refractivity contribution in [1.82, 2.24) is 15.2 Å². The van der Waals surface area contributed by atoms with Crippen molar-refractivity contribution in [3.05, 3.63) is 35.5 Å². The van der Waals surface area contributed by atoms with Crippen molar-refractivity contribution in [3.63, 3.8) is 0 Å². The number of H-pyrrole nitrogens is 1. The number of aromatic amines is 1. The molecule has 3 heteroatoms. The van der Waals surface area contributed by atoms with Crippen LogP contribution in [-0.2, 0) is 11.8 Å². The van der Waals surface area contributed by atoms with Gasteiger partial charge in [0.2, 0.25) is 0 Å². The van der Waals surface area contributed by atoms with Gasteiger partial charge in [0.15, 0.2) is 0 Å². The van der Waals surface area contributed by atoms with E-state index in [4.69, 9.17) is 0 Å². The molecule has 3 rings (SSSR count). The second-order valence-electron chi connectivity index (χ2n) is 7.52. The maximum Gasteiger partial charge on any atom is 0.0456 e. The van der Waals surface area contributed by atoms with Gasteiger partial charge in [0.05, 0.1) is 0 Å². The number of aryl methyl sites for hydroxylation is 1. The average Bonchev–Trinajstić information content (AvgIpc) is 2.90. The molecule has 0 unspecified atom stereocenters. The maximum atomic E-state index is 3.43. The number of piperazine rings is 1. The van der Waals surface area contributed by atoms with E-state index in [1.54, 1.807) is 0 Å². The van der Waals surface area contributed by atoms with Gasteiger partial charge in [-0.2, -0.15) is 0 Å². The predicted octanol–water partition coefficient (Wildman–Crippen LogP) is 3.30. The molecule has 0 aliphatic carbocycles. The number of aromatic nitrogens is 1. The summed E-state index contributed by atoms with van der Waals surface area (Å²) < 4.78 is 0. The third-order valence-corrected chi connectivity index (χ3v) is 4.76. The van der Waals surface area contributed by atoms with Crippen molar-refractivity contribution in [3.8, 4) is 0 Å². The Morgan fingerprint density at radius 3 is 2.64 bits per heavy atom. The first kappa shape index (κ1) is 15.6. The van der Waals surface area contributed by atoms with Crippen molar-refractivity contribution < 1.29 is 0 Å². The quantitative estimate of drug-likeness (QED) is 0.907. The highest BCUT2D eigenvalue weighted by Crippen LogP contribution is 2.28. The van der Waals surface area contributed by atoms with Crippen LogP contribution in [-0.4, -0.2) is 42.6 Å². The molecule has 1 aliphatic heterocycles. The van der Waals surface area contributed by atoms with Gasteiger partial charge < -0.3 is 15.2 Å². The first-order valence-electron chi connectivity index (χ1n) is 8.57. The van der Waals surface area contributed by atoms with Crippen LogP contribution in [0.3, 0.4) is 0 Å². The molecule has 2 heterocycles. The zero-order valence-electron chi connectivity index (χ0n) is 14.2. The molecule has 0 saturated carbocycles. The highest BCUT2D eigenvalue weighted by atomic mass is 15.2. The second kappa shape index (κ2) is 6.43. The van der Waals surface area contributed by atoms with Crippen LogP contribution in [0.1, 0.15) is 38.3 Å². The lowest BCUT2D eigenvalue weighted by atomic mass is 9.86. The molecule has 0 radical (unpaired) electrons. The minimum atomic E-state index is 0.212. The van der Waals surface area contributed by atoms with E-state index < -0.39 is 0 Å². The summed E-state index contributed by atoms with van der Waals surface area (Å²) in [7, 11) is 0. The molecular formula is C19H29N3. The van der Waals surface area contributed by atoms with E-state index in [1.165, 1.54) is 48.1 Å². The normalized spacial score (nSPS) is 17.2. The predicted molar refractivity (Wildman–Crippen MR) is 94.6 cm³/mol. The molecule has 1 aliphatic rings. The monoisotopic (exact) mass is 299 g/mol. The van der Waals surface area contributed by atoms with Crippen LogP contribution in [0, 0.1) is 0 Å².